The Hall–Kier alpha value is -3.22. The molecular weight excluding hydrogens is 354 g/mol. The molecule has 7 nitrogen and oxygen atoms in total. The quantitative estimate of drug-likeness (QED) is 0.700. The van der Waals surface area contributed by atoms with Gasteiger partial charge in [-0.15, -0.1) is 0 Å². The van der Waals surface area contributed by atoms with Gasteiger partial charge in [-0.1, -0.05) is 37.3 Å². The molecule has 0 aliphatic carbocycles. The van der Waals surface area contributed by atoms with Crippen molar-refractivity contribution in [1.29, 1.82) is 0 Å². The highest BCUT2D eigenvalue weighted by Crippen LogP contribution is 2.20. The van der Waals surface area contributed by atoms with E-state index in [9.17, 15) is 9.59 Å². The van der Waals surface area contributed by atoms with Gasteiger partial charge >= 0.3 is 0 Å². The van der Waals surface area contributed by atoms with E-state index >= 15 is 0 Å². The summed E-state index contributed by atoms with van der Waals surface area (Å²) in [6.07, 6.45) is 6.08. The maximum absolute atomic E-state index is 13.2. The molecule has 1 atom stereocenters. The van der Waals surface area contributed by atoms with Crippen LogP contribution in [0.5, 0.6) is 0 Å². The Balaban J connectivity index is 1.57. The topological polar surface area (TPSA) is 70.8 Å². The van der Waals surface area contributed by atoms with Crippen molar-refractivity contribution in [3.05, 3.63) is 66.1 Å². The molecule has 1 aromatic carbocycles. The SMILES string of the molecule is CCC1CN(C(=O)c2cnn3cccnc23)CCC(=O)N1Cc1ccccc1. The van der Waals surface area contributed by atoms with Gasteiger partial charge in [-0.2, -0.15) is 5.10 Å². The summed E-state index contributed by atoms with van der Waals surface area (Å²) in [5.74, 6) is -0.0366. The Bertz CT molecular complexity index is 985. The minimum atomic E-state index is -0.124. The Morgan fingerprint density at radius 3 is 2.82 bits per heavy atom. The minimum Gasteiger partial charge on any atom is -0.336 e. The molecule has 0 spiro atoms. The maximum Gasteiger partial charge on any atom is 0.259 e. The largest absolute Gasteiger partial charge is 0.336 e. The van der Waals surface area contributed by atoms with Gasteiger partial charge < -0.3 is 9.80 Å². The van der Waals surface area contributed by atoms with E-state index in [1.807, 2.05) is 35.2 Å². The van der Waals surface area contributed by atoms with Crippen LogP contribution < -0.4 is 0 Å². The van der Waals surface area contributed by atoms with E-state index in [0.717, 1.165) is 12.0 Å². The Labute approximate surface area is 163 Å². The fraction of sp³-hybridized carbons (Fsp3) is 0.333. The van der Waals surface area contributed by atoms with E-state index in [0.29, 0.717) is 37.3 Å². The zero-order valence-electron chi connectivity index (χ0n) is 15.9. The van der Waals surface area contributed by atoms with Gasteiger partial charge in [0.25, 0.3) is 5.91 Å². The summed E-state index contributed by atoms with van der Waals surface area (Å²) >= 11 is 0. The van der Waals surface area contributed by atoms with Gasteiger partial charge in [-0.3, -0.25) is 9.59 Å². The van der Waals surface area contributed by atoms with E-state index < -0.39 is 0 Å². The van der Waals surface area contributed by atoms with E-state index in [1.165, 1.54) is 0 Å². The molecule has 1 aliphatic rings. The first-order valence-corrected chi connectivity index (χ1v) is 9.58. The zero-order valence-corrected chi connectivity index (χ0v) is 15.9. The predicted molar refractivity (Wildman–Crippen MR) is 105 cm³/mol. The molecule has 1 aliphatic heterocycles. The van der Waals surface area contributed by atoms with Crippen LogP contribution in [0.4, 0.5) is 0 Å². The van der Waals surface area contributed by atoms with E-state index in [1.54, 1.807) is 34.1 Å². The molecule has 4 rings (SSSR count). The van der Waals surface area contributed by atoms with Crippen molar-refractivity contribution in [2.75, 3.05) is 13.1 Å². The molecule has 28 heavy (non-hydrogen) atoms. The lowest BCUT2D eigenvalue weighted by Crippen LogP contribution is -2.43. The van der Waals surface area contributed by atoms with Gasteiger partial charge in [-0.05, 0) is 18.1 Å². The third-order valence-electron chi connectivity index (χ3n) is 5.25. The fourth-order valence-electron chi connectivity index (χ4n) is 3.70. The number of aromatic nitrogens is 3. The van der Waals surface area contributed by atoms with Gasteiger partial charge in [0.1, 0.15) is 5.56 Å². The van der Waals surface area contributed by atoms with Gasteiger partial charge in [0.2, 0.25) is 5.91 Å². The lowest BCUT2D eigenvalue weighted by Gasteiger charge is -2.31. The number of carbonyl (C=O) groups excluding carboxylic acids is 2. The van der Waals surface area contributed by atoms with Crippen molar-refractivity contribution in [3.63, 3.8) is 0 Å². The second-order valence-corrected chi connectivity index (χ2v) is 7.02. The summed E-state index contributed by atoms with van der Waals surface area (Å²) in [7, 11) is 0. The van der Waals surface area contributed by atoms with Gasteiger partial charge in [-0.25, -0.2) is 9.50 Å². The second-order valence-electron chi connectivity index (χ2n) is 7.02. The number of benzene rings is 1. The molecule has 144 valence electrons. The number of carbonyl (C=O) groups is 2. The van der Waals surface area contributed by atoms with E-state index in [2.05, 4.69) is 17.0 Å². The van der Waals surface area contributed by atoms with Crippen molar-refractivity contribution in [1.82, 2.24) is 24.4 Å². The van der Waals surface area contributed by atoms with Crippen molar-refractivity contribution in [3.8, 4) is 0 Å². The molecular formula is C21H23N5O2. The summed E-state index contributed by atoms with van der Waals surface area (Å²) in [6.45, 7) is 3.54. The van der Waals surface area contributed by atoms with Gasteiger partial charge in [0, 0.05) is 44.5 Å². The summed E-state index contributed by atoms with van der Waals surface area (Å²) in [5.41, 5.74) is 2.11. The van der Waals surface area contributed by atoms with Crippen LogP contribution in [0.15, 0.2) is 55.0 Å². The minimum absolute atomic E-state index is 0.0195. The molecule has 3 aromatic rings. The van der Waals surface area contributed by atoms with Crippen LogP contribution in [0.1, 0.15) is 35.7 Å². The van der Waals surface area contributed by atoms with Crippen LogP contribution in [0, 0.1) is 0 Å². The van der Waals surface area contributed by atoms with Crippen molar-refractivity contribution < 1.29 is 9.59 Å². The molecule has 0 radical (unpaired) electrons. The number of fused-ring (bicyclic) bond motifs is 1. The molecule has 0 saturated carbocycles. The first-order valence-electron chi connectivity index (χ1n) is 9.58. The summed E-state index contributed by atoms with van der Waals surface area (Å²) in [4.78, 5) is 33.9. The van der Waals surface area contributed by atoms with Crippen LogP contribution in [0.3, 0.4) is 0 Å². The number of hydrogen-bond donors (Lipinski definition) is 0. The zero-order chi connectivity index (χ0) is 19.5. The molecule has 2 aromatic heterocycles. The summed E-state index contributed by atoms with van der Waals surface area (Å²) < 4.78 is 1.59. The lowest BCUT2D eigenvalue weighted by atomic mass is 10.1. The highest BCUT2D eigenvalue weighted by Gasteiger charge is 2.32. The first kappa shape index (κ1) is 18.2. The van der Waals surface area contributed by atoms with Gasteiger partial charge in [0.05, 0.1) is 6.20 Å². The van der Waals surface area contributed by atoms with E-state index in [4.69, 9.17) is 0 Å². The summed E-state index contributed by atoms with van der Waals surface area (Å²) in [5, 5.41) is 4.21. The smallest absolute Gasteiger partial charge is 0.259 e. The van der Waals surface area contributed by atoms with E-state index in [-0.39, 0.29) is 17.9 Å². The monoisotopic (exact) mass is 377 g/mol. The van der Waals surface area contributed by atoms with Crippen LogP contribution in [0.2, 0.25) is 0 Å². The van der Waals surface area contributed by atoms with Crippen LogP contribution in [-0.4, -0.2) is 55.3 Å². The molecule has 0 N–H and O–H groups in total. The molecule has 0 bridgehead atoms. The van der Waals surface area contributed by atoms with Crippen molar-refractivity contribution in [2.24, 2.45) is 0 Å². The third kappa shape index (κ3) is 3.47. The molecule has 3 heterocycles. The molecule has 1 saturated heterocycles. The summed E-state index contributed by atoms with van der Waals surface area (Å²) in [6, 6.07) is 11.7. The lowest BCUT2D eigenvalue weighted by molar-refractivity contribution is -0.133. The van der Waals surface area contributed by atoms with Gasteiger partial charge in [0.15, 0.2) is 5.65 Å². The number of amides is 2. The first-order chi connectivity index (χ1) is 13.7. The molecule has 1 fully saturated rings. The molecule has 1 unspecified atom stereocenters. The van der Waals surface area contributed by atoms with Crippen LogP contribution >= 0.6 is 0 Å². The fourth-order valence-corrected chi connectivity index (χ4v) is 3.70. The average Bonchev–Trinajstić information content (AvgIpc) is 3.10. The third-order valence-corrected chi connectivity index (χ3v) is 5.25. The molecule has 7 heteroatoms. The van der Waals surface area contributed by atoms with Crippen molar-refractivity contribution in [2.45, 2.75) is 32.4 Å². The second kappa shape index (κ2) is 7.80. The Kier molecular flexibility index (Phi) is 5.06. The molecule has 2 amide bonds. The predicted octanol–water partition coefficient (Wildman–Crippen LogP) is 2.38. The standard InChI is InChI=1S/C21H23N5O2/c1-2-17-15-24(21(28)18-13-23-26-11-6-10-22-20(18)26)12-9-19(27)25(17)14-16-7-4-3-5-8-16/h3-8,10-11,13,17H,2,9,12,14-15H2,1H3. The normalized spacial score (nSPS) is 17.8. The average molecular weight is 377 g/mol. The Morgan fingerprint density at radius 1 is 1.21 bits per heavy atom. The Morgan fingerprint density at radius 2 is 2.04 bits per heavy atom. The van der Waals surface area contributed by atoms with Crippen LogP contribution in [-0.2, 0) is 11.3 Å². The van der Waals surface area contributed by atoms with Crippen LogP contribution in [0.25, 0.3) is 5.65 Å². The van der Waals surface area contributed by atoms with Crippen molar-refractivity contribution >= 4 is 17.5 Å². The number of nitrogens with zero attached hydrogens (tertiary/aromatic N) is 5. The number of rotatable bonds is 4. The highest BCUT2D eigenvalue weighted by atomic mass is 16.2. The maximum atomic E-state index is 13.2. The highest BCUT2D eigenvalue weighted by molar-refractivity contribution is 6.00. The number of hydrogen-bond acceptors (Lipinski definition) is 4.